The Morgan fingerprint density at radius 3 is 2.46 bits per heavy atom. The maximum absolute atomic E-state index is 14.3. The molecule has 5 heteroatoms. The molecule has 0 saturated heterocycles. The second-order valence-electron chi connectivity index (χ2n) is 9.82. The van der Waals surface area contributed by atoms with Crippen LogP contribution in [0.2, 0.25) is 0 Å². The molecule has 182 valence electrons. The molecule has 0 aliphatic heterocycles. The van der Waals surface area contributed by atoms with Crippen LogP contribution >= 0.6 is 0 Å². The Morgan fingerprint density at radius 2 is 1.69 bits per heavy atom. The number of nitrogens with one attached hydrogen (secondary N) is 1. The normalized spacial score (nSPS) is 15.4. The summed E-state index contributed by atoms with van der Waals surface area (Å²) in [6, 6.07) is 20.4. The fraction of sp³-hybridized carbons (Fsp3) is 0.333. The van der Waals surface area contributed by atoms with Crippen LogP contribution in [-0.4, -0.2) is 11.1 Å². The average molecular weight is 474 g/mol. The highest BCUT2D eigenvalue weighted by Crippen LogP contribution is 2.36. The Hall–Kier alpha value is -3.34. The summed E-state index contributed by atoms with van der Waals surface area (Å²) in [5.74, 6) is -0.984. The summed E-state index contributed by atoms with van der Waals surface area (Å²) in [6.07, 6.45) is 9.52. The van der Waals surface area contributed by atoms with E-state index in [1.807, 2.05) is 24.3 Å². The Labute approximate surface area is 206 Å². The van der Waals surface area contributed by atoms with Crippen LogP contribution < -0.4 is 11.1 Å². The third-order valence-electron chi connectivity index (χ3n) is 7.39. The van der Waals surface area contributed by atoms with Crippen molar-refractivity contribution in [3.8, 4) is 0 Å². The van der Waals surface area contributed by atoms with Gasteiger partial charge in [0, 0.05) is 47.5 Å². The van der Waals surface area contributed by atoms with Crippen LogP contribution in [0.4, 0.5) is 20.2 Å². The second-order valence-corrected chi connectivity index (χ2v) is 9.82. The lowest BCUT2D eigenvalue weighted by Gasteiger charge is -2.22. The highest BCUT2D eigenvalue weighted by atomic mass is 19.2. The minimum atomic E-state index is -0.813. The molecule has 5 rings (SSSR count). The third-order valence-corrected chi connectivity index (χ3v) is 7.39. The molecule has 1 aliphatic carbocycles. The van der Waals surface area contributed by atoms with Crippen molar-refractivity contribution < 1.29 is 8.78 Å². The maximum Gasteiger partial charge on any atom is 0.159 e. The first-order chi connectivity index (χ1) is 17.1. The molecule has 3 nitrogen and oxygen atoms in total. The SMILES string of the molecule is Nc1ccc(NCCC(c2ccc(F)c(F)c2)c2cn(CC3CCCCC3)c3ccccc23)cc1. The van der Waals surface area contributed by atoms with E-state index in [0.29, 0.717) is 12.5 Å². The number of para-hydroxylation sites is 1. The van der Waals surface area contributed by atoms with Gasteiger partial charge in [0.25, 0.3) is 0 Å². The molecule has 1 saturated carbocycles. The van der Waals surface area contributed by atoms with Crippen LogP contribution in [0.1, 0.15) is 55.6 Å². The predicted molar refractivity (Wildman–Crippen MR) is 141 cm³/mol. The first kappa shape index (κ1) is 23.4. The van der Waals surface area contributed by atoms with Gasteiger partial charge in [-0.1, -0.05) is 43.5 Å². The summed E-state index contributed by atoms with van der Waals surface area (Å²) >= 11 is 0. The monoisotopic (exact) mass is 473 g/mol. The van der Waals surface area contributed by atoms with E-state index in [9.17, 15) is 8.78 Å². The smallest absolute Gasteiger partial charge is 0.159 e. The lowest BCUT2D eigenvalue weighted by Crippen LogP contribution is -2.13. The van der Waals surface area contributed by atoms with Gasteiger partial charge in [0.05, 0.1) is 0 Å². The number of anilines is 2. The molecule has 0 bridgehead atoms. The summed E-state index contributed by atoms with van der Waals surface area (Å²) in [5, 5.41) is 4.64. The number of benzene rings is 3. The van der Waals surface area contributed by atoms with Crippen LogP contribution in [0.3, 0.4) is 0 Å². The third kappa shape index (κ3) is 5.34. The van der Waals surface area contributed by atoms with E-state index >= 15 is 0 Å². The molecule has 3 N–H and O–H groups in total. The molecule has 1 aliphatic rings. The standard InChI is InChI=1S/C30H33F2N3/c31-28-15-10-22(18-29(28)32)25(16-17-34-24-13-11-23(33)12-14-24)27-20-35(19-21-6-2-1-3-7-21)30-9-5-4-8-26(27)30/h4-5,8-15,18,20-21,25,34H,1-3,6-7,16-17,19,33H2. The van der Waals surface area contributed by atoms with E-state index in [1.54, 1.807) is 6.07 Å². The molecule has 4 aromatic rings. The Morgan fingerprint density at radius 1 is 0.914 bits per heavy atom. The van der Waals surface area contributed by atoms with Crippen molar-refractivity contribution in [3.63, 3.8) is 0 Å². The summed E-state index contributed by atoms with van der Waals surface area (Å²) in [4.78, 5) is 0. The van der Waals surface area contributed by atoms with Gasteiger partial charge in [0.15, 0.2) is 11.6 Å². The van der Waals surface area contributed by atoms with E-state index < -0.39 is 11.6 Å². The van der Waals surface area contributed by atoms with Gasteiger partial charge in [-0.25, -0.2) is 8.78 Å². The molecule has 1 fully saturated rings. The van der Waals surface area contributed by atoms with E-state index in [2.05, 4.69) is 40.3 Å². The zero-order valence-electron chi connectivity index (χ0n) is 20.0. The van der Waals surface area contributed by atoms with Gasteiger partial charge >= 0.3 is 0 Å². The number of aromatic nitrogens is 1. The zero-order chi connectivity index (χ0) is 24.2. The van der Waals surface area contributed by atoms with Gasteiger partial charge in [-0.2, -0.15) is 0 Å². The molecule has 1 atom stereocenters. The fourth-order valence-electron chi connectivity index (χ4n) is 5.54. The quantitative estimate of drug-likeness (QED) is 0.257. The van der Waals surface area contributed by atoms with E-state index in [0.717, 1.165) is 29.9 Å². The number of halogens is 2. The van der Waals surface area contributed by atoms with Crippen molar-refractivity contribution in [2.75, 3.05) is 17.6 Å². The first-order valence-corrected chi connectivity index (χ1v) is 12.7. The van der Waals surface area contributed by atoms with Gasteiger partial charge in [-0.3, -0.25) is 0 Å². The van der Waals surface area contributed by atoms with Crippen molar-refractivity contribution in [3.05, 3.63) is 95.7 Å². The minimum absolute atomic E-state index is 0.0658. The molecule has 1 heterocycles. The Kier molecular flexibility index (Phi) is 7.03. The van der Waals surface area contributed by atoms with Crippen molar-refractivity contribution in [2.45, 2.75) is 51.0 Å². The number of hydrogen-bond donors (Lipinski definition) is 2. The number of rotatable bonds is 8. The summed E-state index contributed by atoms with van der Waals surface area (Å²) in [5.41, 5.74) is 10.7. The van der Waals surface area contributed by atoms with Gasteiger partial charge in [0.2, 0.25) is 0 Å². The number of fused-ring (bicyclic) bond motifs is 1. The Bertz CT molecular complexity index is 1270. The topological polar surface area (TPSA) is 43.0 Å². The molecular weight excluding hydrogens is 440 g/mol. The molecule has 0 radical (unpaired) electrons. The van der Waals surface area contributed by atoms with Crippen LogP contribution in [0.25, 0.3) is 10.9 Å². The number of nitrogens with two attached hydrogens (primary N) is 1. The van der Waals surface area contributed by atoms with Crippen molar-refractivity contribution >= 4 is 22.3 Å². The molecule has 1 unspecified atom stereocenters. The molecule has 1 aromatic heterocycles. The highest BCUT2D eigenvalue weighted by molar-refractivity contribution is 5.85. The predicted octanol–water partition coefficient (Wildman–Crippen LogP) is 7.72. The largest absolute Gasteiger partial charge is 0.399 e. The summed E-state index contributed by atoms with van der Waals surface area (Å²) in [6.45, 7) is 1.70. The van der Waals surface area contributed by atoms with E-state index in [-0.39, 0.29) is 5.92 Å². The van der Waals surface area contributed by atoms with E-state index in [1.165, 1.54) is 60.7 Å². The fourth-order valence-corrected chi connectivity index (χ4v) is 5.54. The lowest BCUT2D eigenvalue weighted by molar-refractivity contribution is 0.322. The van der Waals surface area contributed by atoms with Gasteiger partial charge < -0.3 is 15.6 Å². The zero-order valence-corrected chi connectivity index (χ0v) is 20.0. The summed E-state index contributed by atoms with van der Waals surface area (Å²) in [7, 11) is 0. The molecular formula is C30H33F2N3. The van der Waals surface area contributed by atoms with Gasteiger partial charge in [-0.15, -0.1) is 0 Å². The number of hydrogen-bond acceptors (Lipinski definition) is 2. The molecule has 35 heavy (non-hydrogen) atoms. The summed E-state index contributed by atoms with van der Waals surface area (Å²) < 4.78 is 30.5. The van der Waals surface area contributed by atoms with E-state index in [4.69, 9.17) is 5.73 Å². The number of nitrogens with zero attached hydrogens (tertiary/aromatic N) is 1. The van der Waals surface area contributed by atoms with Gasteiger partial charge in [0.1, 0.15) is 0 Å². The number of nitrogen functional groups attached to an aromatic ring is 1. The maximum atomic E-state index is 14.3. The highest BCUT2D eigenvalue weighted by Gasteiger charge is 2.22. The van der Waals surface area contributed by atoms with Crippen molar-refractivity contribution in [2.24, 2.45) is 5.92 Å². The van der Waals surface area contributed by atoms with Crippen molar-refractivity contribution in [1.82, 2.24) is 4.57 Å². The minimum Gasteiger partial charge on any atom is -0.399 e. The van der Waals surface area contributed by atoms with Crippen molar-refractivity contribution in [1.29, 1.82) is 0 Å². The van der Waals surface area contributed by atoms with Crippen LogP contribution in [0, 0.1) is 17.6 Å². The van der Waals surface area contributed by atoms with Gasteiger partial charge in [-0.05, 0) is 78.8 Å². The average Bonchev–Trinajstić information content (AvgIpc) is 3.23. The molecule has 0 amide bonds. The van der Waals surface area contributed by atoms with Crippen LogP contribution in [-0.2, 0) is 6.54 Å². The molecule has 3 aromatic carbocycles. The second kappa shape index (κ2) is 10.5. The lowest BCUT2D eigenvalue weighted by atomic mass is 9.88. The molecule has 0 spiro atoms. The first-order valence-electron chi connectivity index (χ1n) is 12.7. The van der Waals surface area contributed by atoms with Crippen LogP contribution in [0.15, 0.2) is 72.9 Å². The van der Waals surface area contributed by atoms with Crippen LogP contribution in [0.5, 0.6) is 0 Å². The Balaban J connectivity index is 1.47.